The van der Waals surface area contributed by atoms with Gasteiger partial charge in [0.15, 0.2) is 0 Å². The number of rotatable bonds is 4. The van der Waals surface area contributed by atoms with Gasteiger partial charge in [0.25, 0.3) is 5.91 Å². The molecular formula is C19H16N4O. The maximum Gasteiger partial charge on any atom is 0.253 e. The summed E-state index contributed by atoms with van der Waals surface area (Å²) in [6.45, 7) is 0.464. The highest BCUT2D eigenvalue weighted by molar-refractivity contribution is 5.94. The van der Waals surface area contributed by atoms with Gasteiger partial charge in [0.2, 0.25) is 0 Å². The van der Waals surface area contributed by atoms with Crippen LogP contribution in [-0.2, 0) is 6.54 Å². The topological polar surface area (TPSA) is 61.9 Å². The molecule has 0 unspecified atom stereocenters. The summed E-state index contributed by atoms with van der Waals surface area (Å²) in [6.07, 6.45) is 3.67. The second-order valence-electron chi connectivity index (χ2n) is 5.48. The zero-order valence-corrected chi connectivity index (χ0v) is 13.3. The summed E-state index contributed by atoms with van der Waals surface area (Å²) < 4.78 is 1.79. The number of carbonyl (C=O) groups excluding carboxylic acids is 1. The Balaban J connectivity index is 1.70. The van der Waals surface area contributed by atoms with Crippen LogP contribution in [0.15, 0.2) is 67.0 Å². The van der Waals surface area contributed by atoms with E-state index >= 15 is 0 Å². The number of hydrogen-bond donors (Lipinski definition) is 0. The Bertz CT molecular complexity index is 876. The predicted octanol–water partition coefficient (Wildman–Crippen LogP) is 3.02. The van der Waals surface area contributed by atoms with E-state index in [0.29, 0.717) is 17.7 Å². The molecule has 0 atom stereocenters. The molecule has 0 N–H and O–H groups in total. The smallest absolute Gasteiger partial charge is 0.253 e. The lowest BCUT2D eigenvalue weighted by Gasteiger charge is -2.16. The standard InChI is InChI=1S/C19H16N4O/c1-22(19(24)17-9-7-15(11-20)8-10-17)13-16-12-21-23(14-16)18-5-3-2-4-6-18/h2-10,12,14H,13H2,1H3. The first-order valence-electron chi connectivity index (χ1n) is 7.52. The van der Waals surface area contributed by atoms with Gasteiger partial charge in [-0.1, -0.05) is 18.2 Å². The molecule has 5 heteroatoms. The molecule has 2 aromatic carbocycles. The molecule has 3 aromatic rings. The van der Waals surface area contributed by atoms with Crippen LogP contribution >= 0.6 is 0 Å². The first kappa shape index (κ1) is 15.5. The highest BCUT2D eigenvalue weighted by atomic mass is 16.2. The van der Waals surface area contributed by atoms with Gasteiger partial charge in [0.1, 0.15) is 0 Å². The first-order chi connectivity index (χ1) is 11.7. The number of benzene rings is 2. The summed E-state index contributed by atoms with van der Waals surface area (Å²) in [5, 5.41) is 13.1. The van der Waals surface area contributed by atoms with E-state index < -0.39 is 0 Å². The van der Waals surface area contributed by atoms with Gasteiger partial charge in [0, 0.05) is 30.9 Å². The number of para-hydroxylation sites is 1. The molecule has 5 nitrogen and oxygen atoms in total. The highest BCUT2D eigenvalue weighted by Crippen LogP contribution is 2.12. The van der Waals surface area contributed by atoms with E-state index in [-0.39, 0.29) is 5.91 Å². The van der Waals surface area contributed by atoms with Gasteiger partial charge < -0.3 is 4.90 Å². The van der Waals surface area contributed by atoms with Gasteiger partial charge >= 0.3 is 0 Å². The summed E-state index contributed by atoms with van der Waals surface area (Å²) in [5.74, 6) is -0.0908. The minimum atomic E-state index is -0.0908. The molecule has 1 heterocycles. The Hall–Kier alpha value is -3.39. The van der Waals surface area contributed by atoms with Crippen molar-refractivity contribution in [3.63, 3.8) is 0 Å². The second-order valence-corrected chi connectivity index (χ2v) is 5.48. The van der Waals surface area contributed by atoms with Gasteiger partial charge in [-0.05, 0) is 36.4 Å². The van der Waals surface area contributed by atoms with Gasteiger partial charge in [-0.25, -0.2) is 4.68 Å². The van der Waals surface area contributed by atoms with Crippen LogP contribution in [0.25, 0.3) is 5.69 Å². The third kappa shape index (κ3) is 3.33. The fraction of sp³-hybridized carbons (Fsp3) is 0.105. The van der Waals surface area contributed by atoms with Crippen LogP contribution in [0, 0.1) is 11.3 Å². The summed E-state index contributed by atoms with van der Waals surface area (Å²) in [6, 6.07) is 18.5. The van der Waals surface area contributed by atoms with E-state index in [2.05, 4.69) is 5.10 Å². The second kappa shape index (κ2) is 6.80. The zero-order chi connectivity index (χ0) is 16.9. The summed E-state index contributed by atoms with van der Waals surface area (Å²) in [4.78, 5) is 14.1. The molecule has 24 heavy (non-hydrogen) atoms. The molecule has 0 aliphatic rings. The van der Waals surface area contributed by atoms with E-state index in [4.69, 9.17) is 5.26 Å². The first-order valence-corrected chi connectivity index (χ1v) is 7.52. The van der Waals surface area contributed by atoms with Crippen molar-refractivity contribution in [1.82, 2.24) is 14.7 Å². The normalized spacial score (nSPS) is 10.2. The van der Waals surface area contributed by atoms with E-state index in [1.807, 2.05) is 42.6 Å². The van der Waals surface area contributed by atoms with E-state index in [1.54, 1.807) is 47.1 Å². The van der Waals surface area contributed by atoms with E-state index in [9.17, 15) is 4.79 Å². The summed E-state index contributed by atoms with van der Waals surface area (Å²) in [5.41, 5.74) is 3.03. The van der Waals surface area contributed by atoms with Crippen molar-refractivity contribution in [2.45, 2.75) is 6.54 Å². The Labute approximate surface area is 140 Å². The van der Waals surface area contributed by atoms with Gasteiger partial charge in [-0.3, -0.25) is 4.79 Å². The molecule has 3 rings (SSSR count). The van der Waals surface area contributed by atoms with Crippen LogP contribution in [-0.4, -0.2) is 27.6 Å². The number of amides is 1. The molecule has 0 fully saturated rings. The average Bonchev–Trinajstić information content (AvgIpc) is 3.10. The highest BCUT2D eigenvalue weighted by Gasteiger charge is 2.13. The van der Waals surface area contributed by atoms with Crippen molar-refractivity contribution in [3.8, 4) is 11.8 Å². The van der Waals surface area contributed by atoms with Crippen molar-refractivity contribution in [3.05, 3.63) is 83.7 Å². The molecule has 0 aliphatic carbocycles. The van der Waals surface area contributed by atoms with Gasteiger partial charge in [-0.2, -0.15) is 10.4 Å². The van der Waals surface area contributed by atoms with Crippen LogP contribution < -0.4 is 0 Å². The lowest BCUT2D eigenvalue weighted by Crippen LogP contribution is -2.26. The minimum absolute atomic E-state index is 0.0908. The predicted molar refractivity (Wildman–Crippen MR) is 90.5 cm³/mol. The van der Waals surface area contributed by atoms with Crippen LogP contribution in [0.4, 0.5) is 0 Å². The van der Waals surface area contributed by atoms with Crippen molar-refractivity contribution < 1.29 is 4.79 Å². The molecule has 118 valence electrons. The number of hydrogen-bond acceptors (Lipinski definition) is 3. The van der Waals surface area contributed by atoms with Crippen molar-refractivity contribution in [2.24, 2.45) is 0 Å². The molecule has 0 aliphatic heterocycles. The molecule has 0 spiro atoms. The van der Waals surface area contributed by atoms with Crippen LogP contribution in [0.3, 0.4) is 0 Å². The summed E-state index contributed by atoms with van der Waals surface area (Å²) in [7, 11) is 1.75. The summed E-state index contributed by atoms with van der Waals surface area (Å²) >= 11 is 0. The Morgan fingerprint density at radius 1 is 1.17 bits per heavy atom. The monoisotopic (exact) mass is 316 g/mol. The Morgan fingerprint density at radius 3 is 2.54 bits per heavy atom. The van der Waals surface area contributed by atoms with Gasteiger partial charge in [0.05, 0.1) is 23.5 Å². The Kier molecular flexibility index (Phi) is 4.39. The SMILES string of the molecule is CN(Cc1cnn(-c2ccccc2)c1)C(=O)c1ccc(C#N)cc1. The number of nitriles is 1. The van der Waals surface area contributed by atoms with Crippen molar-refractivity contribution >= 4 is 5.91 Å². The molecule has 0 bridgehead atoms. The lowest BCUT2D eigenvalue weighted by molar-refractivity contribution is 0.0785. The molecule has 0 saturated carbocycles. The number of aromatic nitrogens is 2. The average molecular weight is 316 g/mol. The maximum atomic E-state index is 12.4. The van der Waals surface area contributed by atoms with Crippen LogP contribution in [0.2, 0.25) is 0 Å². The van der Waals surface area contributed by atoms with Crippen molar-refractivity contribution in [1.29, 1.82) is 5.26 Å². The molecule has 1 amide bonds. The number of nitrogens with zero attached hydrogens (tertiary/aromatic N) is 4. The van der Waals surface area contributed by atoms with Gasteiger partial charge in [-0.15, -0.1) is 0 Å². The maximum absolute atomic E-state index is 12.4. The molecule has 1 aromatic heterocycles. The molecule has 0 saturated heterocycles. The Morgan fingerprint density at radius 2 is 1.88 bits per heavy atom. The number of carbonyl (C=O) groups is 1. The third-order valence-corrected chi connectivity index (χ3v) is 3.68. The molecular weight excluding hydrogens is 300 g/mol. The quantitative estimate of drug-likeness (QED) is 0.743. The van der Waals surface area contributed by atoms with Crippen molar-refractivity contribution in [2.75, 3.05) is 7.05 Å². The molecule has 0 radical (unpaired) electrons. The largest absolute Gasteiger partial charge is 0.337 e. The minimum Gasteiger partial charge on any atom is -0.337 e. The van der Waals surface area contributed by atoms with Crippen LogP contribution in [0.1, 0.15) is 21.5 Å². The van der Waals surface area contributed by atoms with E-state index in [1.165, 1.54) is 0 Å². The fourth-order valence-corrected chi connectivity index (χ4v) is 2.42. The fourth-order valence-electron chi connectivity index (χ4n) is 2.42. The van der Waals surface area contributed by atoms with Crippen LogP contribution in [0.5, 0.6) is 0 Å². The third-order valence-electron chi connectivity index (χ3n) is 3.68. The lowest BCUT2D eigenvalue weighted by atomic mass is 10.1. The zero-order valence-electron chi connectivity index (χ0n) is 13.3. The van der Waals surface area contributed by atoms with E-state index in [0.717, 1.165) is 11.3 Å².